The average Bonchev–Trinajstić information content (AvgIpc) is 3.11. The molecule has 0 aliphatic rings. The van der Waals surface area contributed by atoms with Gasteiger partial charge in [-0.3, -0.25) is 4.79 Å². The number of aryl methyl sites for hydroxylation is 1. The van der Waals surface area contributed by atoms with Crippen molar-refractivity contribution in [3.05, 3.63) is 52.0 Å². The van der Waals surface area contributed by atoms with Crippen LogP contribution in [0.15, 0.2) is 36.4 Å². The molecule has 0 saturated carbocycles. The summed E-state index contributed by atoms with van der Waals surface area (Å²) in [6.07, 6.45) is 0.223. The van der Waals surface area contributed by atoms with Crippen molar-refractivity contribution in [2.24, 2.45) is 0 Å². The Hall–Kier alpha value is -2.02. The zero-order valence-corrected chi connectivity index (χ0v) is 15.1. The lowest BCUT2D eigenvalue weighted by atomic mass is 10.1. The van der Waals surface area contributed by atoms with Crippen LogP contribution in [0.1, 0.15) is 10.6 Å². The van der Waals surface area contributed by atoms with Crippen molar-refractivity contribution < 1.29 is 4.79 Å². The summed E-state index contributed by atoms with van der Waals surface area (Å²) < 4.78 is 2.14. The molecule has 24 heavy (non-hydrogen) atoms. The first kappa shape index (κ1) is 15.5. The van der Waals surface area contributed by atoms with Gasteiger partial charge in [0, 0.05) is 5.02 Å². The number of hydrogen-bond donors (Lipinski definition) is 1. The van der Waals surface area contributed by atoms with Crippen molar-refractivity contribution in [1.82, 2.24) is 9.97 Å². The SMILES string of the molecule is Cc1nc2c(ccc3nc(NC(=O)Cc4ccccc4Cl)sc32)s1. The summed E-state index contributed by atoms with van der Waals surface area (Å²) in [4.78, 5) is 21.3. The number of thiazole rings is 2. The van der Waals surface area contributed by atoms with Gasteiger partial charge in [-0.25, -0.2) is 9.97 Å². The molecule has 0 atom stereocenters. The number of anilines is 1. The molecule has 0 aliphatic carbocycles. The maximum atomic E-state index is 12.3. The van der Waals surface area contributed by atoms with Crippen LogP contribution in [-0.2, 0) is 11.2 Å². The number of halogens is 1. The molecule has 0 spiro atoms. The normalized spacial score (nSPS) is 11.2. The summed E-state index contributed by atoms with van der Waals surface area (Å²) in [5.41, 5.74) is 2.61. The Balaban J connectivity index is 1.61. The molecule has 0 bridgehead atoms. The van der Waals surface area contributed by atoms with Gasteiger partial charge in [0.25, 0.3) is 0 Å². The molecular formula is C17H12ClN3OS2. The van der Waals surface area contributed by atoms with Crippen molar-refractivity contribution >= 4 is 65.7 Å². The lowest BCUT2D eigenvalue weighted by molar-refractivity contribution is -0.115. The van der Waals surface area contributed by atoms with Crippen LogP contribution in [0.25, 0.3) is 20.4 Å². The van der Waals surface area contributed by atoms with Gasteiger partial charge in [0.05, 0.1) is 26.3 Å². The number of hydrogen-bond acceptors (Lipinski definition) is 5. The summed E-state index contributed by atoms with van der Waals surface area (Å²) in [6, 6.07) is 11.3. The maximum absolute atomic E-state index is 12.3. The van der Waals surface area contributed by atoms with Gasteiger partial charge in [-0.05, 0) is 30.7 Å². The second-order valence-corrected chi connectivity index (χ2v) is 7.97. The molecule has 0 aliphatic heterocycles. The molecule has 2 heterocycles. The van der Waals surface area contributed by atoms with E-state index in [4.69, 9.17) is 11.6 Å². The van der Waals surface area contributed by atoms with E-state index in [9.17, 15) is 4.79 Å². The predicted octanol–water partition coefficient (Wildman–Crippen LogP) is 5.05. The molecule has 120 valence electrons. The van der Waals surface area contributed by atoms with Crippen molar-refractivity contribution in [2.45, 2.75) is 13.3 Å². The lowest BCUT2D eigenvalue weighted by Crippen LogP contribution is -2.14. The zero-order valence-electron chi connectivity index (χ0n) is 12.7. The highest BCUT2D eigenvalue weighted by atomic mass is 35.5. The Morgan fingerprint density at radius 2 is 2.00 bits per heavy atom. The molecule has 1 amide bonds. The molecule has 2 aromatic carbocycles. The van der Waals surface area contributed by atoms with Crippen LogP contribution in [0.4, 0.5) is 5.13 Å². The van der Waals surface area contributed by atoms with Crippen LogP contribution in [-0.4, -0.2) is 15.9 Å². The van der Waals surface area contributed by atoms with E-state index < -0.39 is 0 Å². The van der Waals surface area contributed by atoms with Gasteiger partial charge < -0.3 is 5.32 Å². The van der Waals surface area contributed by atoms with Gasteiger partial charge in [0.15, 0.2) is 5.13 Å². The molecule has 0 radical (unpaired) electrons. The number of nitrogens with one attached hydrogen (secondary N) is 1. The Morgan fingerprint density at radius 3 is 2.83 bits per heavy atom. The number of benzene rings is 2. The zero-order chi connectivity index (χ0) is 16.7. The summed E-state index contributed by atoms with van der Waals surface area (Å²) >= 11 is 9.21. The van der Waals surface area contributed by atoms with Crippen molar-refractivity contribution in [2.75, 3.05) is 5.32 Å². The Bertz CT molecular complexity index is 1070. The van der Waals surface area contributed by atoms with Gasteiger partial charge in [0.1, 0.15) is 5.52 Å². The third-order valence-electron chi connectivity index (χ3n) is 3.58. The number of amides is 1. The minimum atomic E-state index is -0.132. The molecule has 2 aromatic heterocycles. The number of fused-ring (bicyclic) bond motifs is 3. The lowest BCUT2D eigenvalue weighted by Gasteiger charge is -2.03. The summed E-state index contributed by atoms with van der Waals surface area (Å²) in [5.74, 6) is -0.132. The van der Waals surface area contributed by atoms with E-state index in [-0.39, 0.29) is 12.3 Å². The van der Waals surface area contributed by atoms with Gasteiger partial charge in [0.2, 0.25) is 5.91 Å². The fraction of sp³-hybridized carbons (Fsp3) is 0.118. The molecule has 1 N–H and O–H groups in total. The molecular weight excluding hydrogens is 362 g/mol. The maximum Gasteiger partial charge on any atom is 0.230 e. The fourth-order valence-corrected chi connectivity index (χ4v) is 4.59. The average molecular weight is 374 g/mol. The van der Waals surface area contributed by atoms with Crippen LogP contribution in [0.2, 0.25) is 5.02 Å². The number of rotatable bonds is 3. The summed E-state index contributed by atoms with van der Waals surface area (Å²) in [6.45, 7) is 1.99. The van der Waals surface area contributed by atoms with Crippen molar-refractivity contribution in [3.63, 3.8) is 0 Å². The van der Waals surface area contributed by atoms with Crippen LogP contribution >= 0.6 is 34.3 Å². The van der Waals surface area contributed by atoms with Crippen LogP contribution in [0.5, 0.6) is 0 Å². The standard InChI is InChI=1S/C17H12ClN3OS2/c1-9-19-15-13(23-9)7-6-12-16(15)24-17(20-12)21-14(22)8-10-4-2-3-5-11(10)18/h2-7H,8H2,1H3,(H,20,21,22). The number of aromatic nitrogens is 2. The molecule has 4 rings (SSSR count). The minimum absolute atomic E-state index is 0.132. The van der Waals surface area contributed by atoms with Gasteiger partial charge in [-0.15, -0.1) is 11.3 Å². The van der Waals surface area contributed by atoms with Gasteiger partial charge in [-0.2, -0.15) is 0 Å². The first-order valence-corrected chi connectivity index (χ1v) is 9.31. The molecule has 0 unspecified atom stereocenters. The summed E-state index contributed by atoms with van der Waals surface area (Å²) in [5, 5.41) is 5.06. The Morgan fingerprint density at radius 1 is 1.17 bits per heavy atom. The van der Waals surface area contributed by atoms with E-state index in [0.29, 0.717) is 10.2 Å². The van der Waals surface area contributed by atoms with E-state index >= 15 is 0 Å². The third-order valence-corrected chi connectivity index (χ3v) is 5.87. The van der Waals surface area contributed by atoms with Gasteiger partial charge in [-0.1, -0.05) is 41.1 Å². The number of carbonyl (C=O) groups is 1. The highest BCUT2D eigenvalue weighted by molar-refractivity contribution is 7.24. The molecule has 4 aromatic rings. The van der Waals surface area contributed by atoms with E-state index in [1.807, 2.05) is 37.3 Å². The van der Waals surface area contributed by atoms with Crippen LogP contribution < -0.4 is 5.32 Å². The van der Waals surface area contributed by atoms with E-state index in [1.165, 1.54) is 11.3 Å². The smallest absolute Gasteiger partial charge is 0.230 e. The predicted molar refractivity (Wildman–Crippen MR) is 101 cm³/mol. The molecule has 0 saturated heterocycles. The first-order valence-electron chi connectivity index (χ1n) is 7.30. The summed E-state index contributed by atoms with van der Waals surface area (Å²) in [7, 11) is 0. The van der Waals surface area contributed by atoms with E-state index in [1.54, 1.807) is 17.4 Å². The Labute approximate surface area is 151 Å². The van der Waals surface area contributed by atoms with E-state index in [2.05, 4.69) is 15.3 Å². The monoisotopic (exact) mass is 373 g/mol. The van der Waals surface area contributed by atoms with Crippen LogP contribution in [0.3, 0.4) is 0 Å². The van der Waals surface area contributed by atoms with E-state index in [0.717, 1.165) is 31.0 Å². The second-order valence-electron chi connectivity index (χ2n) is 5.33. The second kappa shape index (κ2) is 6.12. The topological polar surface area (TPSA) is 54.9 Å². The van der Waals surface area contributed by atoms with Crippen molar-refractivity contribution in [3.8, 4) is 0 Å². The number of carbonyl (C=O) groups excluding carboxylic acids is 1. The van der Waals surface area contributed by atoms with Crippen LogP contribution in [0, 0.1) is 6.92 Å². The quantitative estimate of drug-likeness (QED) is 0.546. The molecule has 7 heteroatoms. The third kappa shape index (κ3) is 2.88. The van der Waals surface area contributed by atoms with Gasteiger partial charge >= 0.3 is 0 Å². The first-order chi connectivity index (χ1) is 11.6. The minimum Gasteiger partial charge on any atom is -0.302 e. The van der Waals surface area contributed by atoms with Crippen molar-refractivity contribution in [1.29, 1.82) is 0 Å². The molecule has 0 fully saturated rings. The molecule has 4 nitrogen and oxygen atoms in total. The number of nitrogens with zero attached hydrogens (tertiary/aromatic N) is 2. The fourth-order valence-electron chi connectivity index (χ4n) is 2.52. The highest BCUT2D eigenvalue weighted by Gasteiger charge is 2.13. The highest BCUT2D eigenvalue weighted by Crippen LogP contribution is 2.34. The largest absolute Gasteiger partial charge is 0.302 e. The Kier molecular flexibility index (Phi) is 3.96.